The SMILES string of the molecule is CCOC(=O)C1=C(C)N=c2s/c(=C/c3ccccc3F)c(=O)n2C1c1ccc(Br)cc1. The van der Waals surface area contributed by atoms with Gasteiger partial charge in [0.25, 0.3) is 5.56 Å². The molecule has 0 aliphatic carbocycles. The number of halogens is 2. The molecule has 2 heterocycles. The molecule has 1 aliphatic heterocycles. The zero-order chi connectivity index (χ0) is 22.1. The van der Waals surface area contributed by atoms with E-state index in [-0.39, 0.29) is 12.2 Å². The van der Waals surface area contributed by atoms with Crippen LogP contribution in [-0.4, -0.2) is 17.1 Å². The van der Waals surface area contributed by atoms with Crippen LogP contribution in [0, 0.1) is 5.82 Å². The summed E-state index contributed by atoms with van der Waals surface area (Å²) in [5.41, 5.74) is 1.53. The Morgan fingerprint density at radius 1 is 1.26 bits per heavy atom. The highest BCUT2D eigenvalue weighted by atomic mass is 79.9. The molecule has 1 aromatic heterocycles. The number of hydrogen-bond acceptors (Lipinski definition) is 5. The molecule has 0 radical (unpaired) electrons. The highest BCUT2D eigenvalue weighted by Crippen LogP contribution is 2.31. The fraction of sp³-hybridized carbons (Fsp3) is 0.174. The number of ether oxygens (including phenoxy) is 1. The predicted octanol–water partition coefficient (Wildman–Crippen LogP) is 3.70. The highest BCUT2D eigenvalue weighted by Gasteiger charge is 2.33. The van der Waals surface area contributed by atoms with Crippen molar-refractivity contribution in [3.05, 3.63) is 101 Å². The van der Waals surface area contributed by atoms with Gasteiger partial charge in [0.05, 0.1) is 28.5 Å². The Morgan fingerprint density at radius 2 is 1.97 bits per heavy atom. The summed E-state index contributed by atoms with van der Waals surface area (Å²) in [6, 6.07) is 13.0. The van der Waals surface area contributed by atoms with Crippen molar-refractivity contribution < 1.29 is 13.9 Å². The van der Waals surface area contributed by atoms with Crippen molar-refractivity contribution in [3.8, 4) is 0 Å². The van der Waals surface area contributed by atoms with Gasteiger partial charge in [0.1, 0.15) is 5.82 Å². The van der Waals surface area contributed by atoms with Gasteiger partial charge in [-0.15, -0.1) is 0 Å². The van der Waals surface area contributed by atoms with E-state index in [0.29, 0.717) is 26.2 Å². The highest BCUT2D eigenvalue weighted by molar-refractivity contribution is 9.10. The maximum atomic E-state index is 14.2. The summed E-state index contributed by atoms with van der Waals surface area (Å²) >= 11 is 4.58. The second-order valence-corrected chi connectivity index (χ2v) is 8.80. The number of benzene rings is 2. The molecule has 3 aromatic rings. The largest absolute Gasteiger partial charge is 0.463 e. The molecule has 4 rings (SSSR count). The minimum absolute atomic E-state index is 0.209. The van der Waals surface area contributed by atoms with Crippen LogP contribution in [0.5, 0.6) is 0 Å². The monoisotopic (exact) mass is 500 g/mol. The quantitative estimate of drug-likeness (QED) is 0.513. The van der Waals surface area contributed by atoms with E-state index in [9.17, 15) is 14.0 Å². The van der Waals surface area contributed by atoms with Crippen molar-refractivity contribution in [2.45, 2.75) is 19.9 Å². The van der Waals surface area contributed by atoms with Crippen LogP contribution >= 0.6 is 27.3 Å². The van der Waals surface area contributed by atoms with Crippen molar-refractivity contribution in [1.29, 1.82) is 0 Å². The average molecular weight is 501 g/mol. The van der Waals surface area contributed by atoms with Gasteiger partial charge in [0.2, 0.25) is 0 Å². The fourth-order valence-electron chi connectivity index (χ4n) is 3.49. The molecule has 8 heteroatoms. The second kappa shape index (κ2) is 8.72. The summed E-state index contributed by atoms with van der Waals surface area (Å²) in [5, 5.41) is 0. The number of thiazole rings is 1. The average Bonchev–Trinajstić information content (AvgIpc) is 3.04. The van der Waals surface area contributed by atoms with Crippen LogP contribution < -0.4 is 14.9 Å². The Morgan fingerprint density at radius 3 is 2.65 bits per heavy atom. The van der Waals surface area contributed by atoms with Gasteiger partial charge in [-0.2, -0.15) is 0 Å². The molecule has 0 fully saturated rings. The smallest absolute Gasteiger partial charge is 0.338 e. The van der Waals surface area contributed by atoms with Crippen LogP contribution in [0.2, 0.25) is 0 Å². The zero-order valence-corrected chi connectivity index (χ0v) is 19.2. The normalized spacial score (nSPS) is 16.1. The number of hydrogen-bond donors (Lipinski definition) is 0. The third-order valence-electron chi connectivity index (χ3n) is 4.89. The topological polar surface area (TPSA) is 60.7 Å². The maximum absolute atomic E-state index is 14.2. The third-order valence-corrected chi connectivity index (χ3v) is 6.41. The molecule has 0 saturated heterocycles. The van der Waals surface area contributed by atoms with E-state index in [1.807, 2.05) is 24.3 Å². The molecule has 31 heavy (non-hydrogen) atoms. The van der Waals surface area contributed by atoms with E-state index >= 15 is 0 Å². The van der Waals surface area contributed by atoms with E-state index in [4.69, 9.17) is 4.74 Å². The van der Waals surface area contributed by atoms with Gasteiger partial charge in [0.15, 0.2) is 4.80 Å². The summed E-state index contributed by atoms with van der Waals surface area (Å²) in [4.78, 5) is 31.1. The van der Waals surface area contributed by atoms with Gasteiger partial charge in [-0.1, -0.05) is 57.6 Å². The van der Waals surface area contributed by atoms with Crippen molar-refractivity contribution >= 4 is 39.3 Å². The lowest BCUT2D eigenvalue weighted by Gasteiger charge is -2.24. The number of carbonyl (C=O) groups excluding carboxylic acids is 1. The summed E-state index contributed by atoms with van der Waals surface area (Å²) in [6.07, 6.45) is 1.52. The Bertz CT molecular complexity index is 1370. The van der Waals surface area contributed by atoms with E-state index in [1.165, 1.54) is 16.7 Å². The predicted molar refractivity (Wildman–Crippen MR) is 121 cm³/mol. The third kappa shape index (κ3) is 4.05. The van der Waals surface area contributed by atoms with Crippen molar-refractivity contribution in [3.63, 3.8) is 0 Å². The van der Waals surface area contributed by atoms with Crippen LogP contribution in [0.4, 0.5) is 4.39 Å². The lowest BCUT2D eigenvalue weighted by atomic mass is 9.96. The molecule has 0 bridgehead atoms. The van der Waals surface area contributed by atoms with Crippen LogP contribution in [0.25, 0.3) is 6.08 Å². The number of rotatable bonds is 4. The summed E-state index contributed by atoms with van der Waals surface area (Å²) in [6.45, 7) is 3.67. The minimum atomic E-state index is -0.689. The number of carbonyl (C=O) groups is 1. The number of esters is 1. The van der Waals surface area contributed by atoms with Gasteiger partial charge in [-0.3, -0.25) is 9.36 Å². The van der Waals surface area contributed by atoms with E-state index < -0.39 is 17.8 Å². The van der Waals surface area contributed by atoms with Gasteiger partial charge in [-0.25, -0.2) is 14.2 Å². The summed E-state index contributed by atoms with van der Waals surface area (Å²) < 4.78 is 22.1. The van der Waals surface area contributed by atoms with Crippen LogP contribution in [0.15, 0.2) is 74.1 Å². The number of allylic oxidation sites excluding steroid dienone is 1. The van der Waals surface area contributed by atoms with E-state index in [1.54, 1.807) is 32.0 Å². The molecule has 1 atom stereocenters. The Labute approximate surface area is 190 Å². The van der Waals surface area contributed by atoms with Crippen molar-refractivity contribution in [2.75, 3.05) is 6.61 Å². The first-order chi connectivity index (χ1) is 14.9. The van der Waals surface area contributed by atoms with Crippen molar-refractivity contribution in [2.24, 2.45) is 4.99 Å². The molecule has 0 N–H and O–H groups in total. The van der Waals surface area contributed by atoms with Gasteiger partial charge < -0.3 is 4.74 Å². The van der Waals surface area contributed by atoms with Gasteiger partial charge in [0, 0.05) is 10.0 Å². The van der Waals surface area contributed by atoms with Gasteiger partial charge in [-0.05, 0) is 43.7 Å². The standard InChI is InChI=1S/C23H18BrFN2O3S/c1-3-30-22(29)19-13(2)26-23-27(20(19)14-8-10-16(24)11-9-14)21(28)18(31-23)12-15-6-4-5-7-17(15)25/h4-12,20H,3H2,1-2H3/b18-12+. The molecule has 0 amide bonds. The number of fused-ring (bicyclic) bond motifs is 1. The molecule has 1 aliphatic rings. The molecule has 2 aromatic carbocycles. The first-order valence-corrected chi connectivity index (χ1v) is 11.2. The molecule has 5 nitrogen and oxygen atoms in total. The Balaban J connectivity index is 1.97. The Hall–Kier alpha value is -2.84. The van der Waals surface area contributed by atoms with E-state index in [2.05, 4.69) is 20.9 Å². The molecule has 0 spiro atoms. The van der Waals surface area contributed by atoms with Crippen LogP contribution in [-0.2, 0) is 9.53 Å². The van der Waals surface area contributed by atoms with Gasteiger partial charge >= 0.3 is 5.97 Å². The number of nitrogens with zero attached hydrogens (tertiary/aromatic N) is 2. The first-order valence-electron chi connectivity index (χ1n) is 9.60. The molecular formula is C23H18BrFN2O3S. The lowest BCUT2D eigenvalue weighted by molar-refractivity contribution is -0.139. The minimum Gasteiger partial charge on any atom is -0.463 e. The molecule has 158 valence electrons. The molecule has 1 unspecified atom stereocenters. The molecule has 0 saturated carbocycles. The fourth-order valence-corrected chi connectivity index (χ4v) is 4.79. The van der Waals surface area contributed by atoms with Crippen molar-refractivity contribution in [1.82, 2.24) is 4.57 Å². The maximum Gasteiger partial charge on any atom is 0.338 e. The summed E-state index contributed by atoms with van der Waals surface area (Å²) in [5.74, 6) is -0.929. The second-order valence-electron chi connectivity index (χ2n) is 6.88. The number of aromatic nitrogens is 1. The molecular weight excluding hydrogens is 483 g/mol. The first kappa shape index (κ1) is 21.4. The lowest BCUT2D eigenvalue weighted by Crippen LogP contribution is -2.39. The Kier molecular flexibility index (Phi) is 6.02. The summed E-state index contributed by atoms with van der Waals surface area (Å²) in [7, 11) is 0. The van der Waals surface area contributed by atoms with Crippen LogP contribution in [0.1, 0.15) is 31.0 Å². The van der Waals surface area contributed by atoms with E-state index in [0.717, 1.165) is 21.4 Å². The zero-order valence-electron chi connectivity index (χ0n) is 16.8. The van der Waals surface area contributed by atoms with Crippen LogP contribution in [0.3, 0.4) is 0 Å².